The van der Waals surface area contributed by atoms with Crippen molar-refractivity contribution in [1.82, 2.24) is 0 Å². The first-order valence-electron chi connectivity index (χ1n) is 4.64. The van der Waals surface area contributed by atoms with Crippen LogP contribution in [0.5, 0.6) is 11.5 Å². The van der Waals surface area contributed by atoms with Gasteiger partial charge >= 0.3 is 0 Å². The van der Waals surface area contributed by atoms with E-state index in [2.05, 4.69) is 0 Å². The molecule has 4 heteroatoms. The molecule has 0 bridgehead atoms. The molecule has 0 fully saturated rings. The molecule has 0 spiro atoms. The van der Waals surface area contributed by atoms with E-state index >= 15 is 0 Å². The van der Waals surface area contributed by atoms with Gasteiger partial charge in [0.25, 0.3) is 0 Å². The quantitative estimate of drug-likeness (QED) is 0.748. The Balaban J connectivity index is 2.61. The van der Waals surface area contributed by atoms with Crippen LogP contribution >= 0.6 is 22.6 Å². The van der Waals surface area contributed by atoms with Gasteiger partial charge in [0.1, 0.15) is 17.1 Å². The van der Waals surface area contributed by atoms with E-state index < -0.39 is 5.60 Å². The Labute approximate surface area is 102 Å². The number of rotatable bonds is 0. The molecule has 0 atom stereocenters. The Kier molecular flexibility index (Phi) is 2.41. The molecule has 0 saturated heterocycles. The van der Waals surface area contributed by atoms with Crippen molar-refractivity contribution >= 4 is 28.4 Å². The van der Waals surface area contributed by atoms with Crippen molar-refractivity contribution < 1.29 is 14.6 Å². The molecule has 3 nitrogen and oxygen atoms in total. The van der Waals surface area contributed by atoms with Crippen LogP contribution in [-0.2, 0) is 0 Å². The summed E-state index contributed by atoms with van der Waals surface area (Å²) in [5.74, 6) is 0.732. The van der Waals surface area contributed by atoms with Gasteiger partial charge in [0.15, 0.2) is 5.78 Å². The lowest BCUT2D eigenvalue weighted by atomic mass is 9.93. The Hall–Kier alpha value is -0.780. The molecule has 0 radical (unpaired) electrons. The zero-order chi connectivity index (χ0) is 11.2. The molecule has 1 aliphatic heterocycles. The van der Waals surface area contributed by atoms with Crippen molar-refractivity contribution in [1.29, 1.82) is 0 Å². The van der Waals surface area contributed by atoms with E-state index in [9.17, 15) is 9.90 Å². The third kappa shape index (κ3) is 1.82. The Morgan fingerprint density at radius 3 is 2.80 bits per heavy atom. The maximum absolute atomic E-state index is 11.8. The Morgan fingerprint density at radius 2 is 2.13 bits per heavy atom. The summed E-state index contributed by atoms with van der Waals surface area (Å²) in [4.78, 5) is 11.8. The predicted molar refractivity (Wildman–Crippen MR) is 64.5 cm³/mol. The van der Waals surface area contributed by atoms with Crippen LogP contribution < -0.4 is 4.74 Å². The molecule has 2 rings (SSSR count). The van der Waals surface area contributed by atoms with Crippen molar-refractivity contribution in [2.24, 2.45) is 0 Å². The van der Waals surface area contributed by atoms with Crippen molar-refractivity contribution in [2.45, 2.75) is 25.9 Å². The molecule has 1 N–H and O–H groups in total. The van der Waals surface area contributed by atoms with Crippen LogP contribution in [0.3, 0.4) is 0 Å². The number of ketones is 1. The summed E-state index contributed by atoms with van der Waals surface area (Å²) >= 11 is 1.99. The molecule has 80 valence electrons. The zero-order valence-corrected chi connectivity index (χ0v) is 10.7. The fourth-order valence-corrected chi connectivity index (χ4v) is 2.24. The second-order valence-corrected chi connectivity index (χ2v) is 5.32. The Morgan fingerprint density at radius 1 is 1.47 bits per heavy atom. The summed E-state index contributed by atoms with van der Waals surface area (Å²) in [6.07, 6.45) is 0.376. The van der Waals surface area contributed by atoms with Crippen LogP contribution in [0.4, 0.5) is 0 Å². The lowest BCUT2D eigenvalue weighted by Crippen LogP contribution is -2.36. The van der Waals surface area contributed by atoms with Crippen LogP contribution in [0.2, 0.25) is 0 Å². The number of phenolic OH excluding ortho intramolecular Hbond substituents is 1. The molecular formula is C11H11IO3. The maximum atomic E-state index is 11.8. The number of hydrogen-bond donors (Lipinski definition) is 1. The highest BCUT2D eigenvalue weighted by Crippen LogP contribution is 2.39. The van der Waals surface area contributed by atoms with E-state index in [-0.39, 0.29) is 11.5 Å². The second kappa shape index (κ2) is 3.37. The monoisotopic (exact) mass is 318 g/mol. The first-order chi connectivity index (χ1) is 6.91. The summed E-state index contributed by atoms with van der Waals surface area (Å²) < 4.78 is 6.32. The van der Waals surface area contributed by atoms with Gasteiger partial charge in [-0.05, 0) is 48.6 Å². The number of aromatic hydroxyl groups is 1. The lowest BCUT2D eigenvalue weighted by Gasteiger charge is -2.32. The van der Waals surface area contributed by atoms with Gasteiger partial charge in [-0.3, -0.25) is 4.79 Å². The van der Waals surface area contributed by atoms with Crippen LogP contribution in [-0.4, -0.2) is 16.5 Å². The van der Waals surface area contributed by atoms with Crippen molar-refractivity contribution in [3.8, 4) is 11.5 Å². The van der Waals surface area contributed by atoms with Gasteiger partial charge in [-0.1, -0.05) is 0 Å². The minimum Gasteiger partial charge on any atom is -0.507 e. The molecule has 0 unspecified atom stereocenters. The van der Waals surface area contributed by atoms with Gasteiger partial charge in [-0.2, -0.15) is 0 Å². The summed E-state index contributed by atoms with van der Waals surface area (Å²) in [6, 6.07) is 3.14. The fraction of sp³-hybridized carbons (Fsp3) is 0.364. The largest absolute Gasteiger partial charge is 0.507 e. The number of benzene rings is 1. The number of phenols is 1. The van der Waals surface area contributed by atoms with Crippen molar-refractivity contribution in [3.63, 3.8) is 0 Å². The molecule has 1 aromatic carbocycles. The topological polar surface area (TPSA) is 46.5 Å². The SMILES string of the molecule is CC1(C)CC(=O)c2ccc(O)c(I)c2O1. The second-order valence-electron chi connectivity index (χ2n) is 4.24. The molecular weight excluding hydrogens is 307 g/mol. The normalized spacial score (nSPS) is 18.2. The molecule has 0 aromatic heterocycles. The van der Waals surface area contributed by atoms with E-state index in [0.717, 1.165) is 0 Å². The lowest BCUT2D eigenvalue weighted by molar-refractivity contribution is 0.0613. The number of hydrogen-bond acceptors (Lipinski definition) is 3. The number of halogens is 1. The Bertz CT molecular complexity index is 438. The van der Waals surface area contributed by atoms with E-state index in [0.29, 0.717) is 21.3 Å². The highest BCUT2D eigenvalue weighted by atomic mass is 127. The van der Waals surface area contributed by atoms with Gasteiger partial charge in [0, 0.05) is 0 Å². The standard InChI is InChI=1S/C11H11IO3/c1-11(2)5-8(14)6-3-4-7(13)9(12)10(6)15-11/h3-4,13H,5H2,1-2H3. The highest BCUT2D eigenvalue weighted by molar-refractivity contribution is 14.1. The summed E-state index contributed by atoms with van der Waals surface area (Å²) in [5.41, 5.74) is 0.0779. The van der Waals surface area contributed by atoms with Crippen LogP contribution in [0.1, 0.15) is 30.6 Å². The average molecular weight is 318 g/mol. The molecule has 1 aliphatic rings. The minimum atomic E-state index is -0.488. The van der Waals surface area contributed by atoms with Crippen molar-refractivity contribution in [3.05, 3.63) is 21.3 Å². The number of ether oxygens (including phenoxy) is 1. The summed E-state index contributed by atoms with van der Waals surface area (Å²) in [7, 11) is 0. The van der Waals surface area contributed by atoms with Gasteiger partial charge in [-0.15, -0.1) is 0 Å². The van der Waals surface area contributed by atoms with Crippen LogP contribution in [0.25, 0.3) is 0 Å². The van der Waals surface area contributed by atoms with Crippen LogP contribution in [0, 0.1) is 3.57 Å². The molecule has 0 amide bonds. The zero-order valence-electron chi connectivity index (χ0n) is 8.50. The van der Waals surface area contributed by atoms with E-state index in [1.807, 2.05) is 36.4 Å². The van der Waals surface area contributed by atoms with Gasteiger partial charge in [-0.25, -0.2) is 0 Å². The third-order valence-corrected chi connectivity index (χ3v) is 3.38. The predicted octanol–water partition coefficient (Wildman–Crippen LogP) is 2.74. The number of fused-ring (bicyclic) bond motifs is 1. The molecule has 15 heavy (non-hydrogen) atoms. The molecule has 1 heterocycles. The van der Waals surface area contributed by atoms with Crippen LogP contribution in [0.15, 0.2) is 12.1 Å². The fourth-order valence-electron chi connectivity index (χ4n) is 1.66. The van der Waals surface area contributed by atoms with Gasteiger partial charge < -0.3 is 9.84 Å². The highest BCUT2D eigenvalue weighted by Gasteiger charge is 2.34. The first-order valence-corrected chi connectivity index (χ1v) is 5.72. The van der Waals surface area contributed by atoms with E-state index in [1.165, 1.54) is 6.07 Å². The summed E-state index contributed by atoms with van der Waals surface area (Å²) in [6.45, 7) is 3.74. The van der Waals surface area contributed by atoms with E-state index in [4.69, 9.17) is 4.74 Å². The number of carbonyl (C=O) groups is 1. The molecule has 0 saturated carbocycles. The smallest absolute Gasteiger partial charge is 0.170 e. The summed E-state index contributed by atoms with van der Waals surface area (Å²) in [5, 5.41) is 9.53. The average Bonchev–Trinajstić information content (AvgIpc) is 2.10. The molecule has 0 aliphatic carbocycles. The van der Waals surface area contributed by atoms with Gasteiger partial charge in [0.2, 0.25) is 0 Å². The molecule has 1 aromatic rings. The first kappa shape index (κ1) is 10.7. The van der Waals surface area contributed by atoms with E-state index in [1.54, 1.807) is 6.07 Å². The van der Waals surface area contributed by atoms with Crippen molar-refractivity contribution in [2.75, 3.05) is 0 Å². The maximum Gasteiger partial charge on any atom is 0.170 e. The minimum absolute atomic E-state index is 0.0687. The van der Waals surface area contributed by atoms with Gasteiger partial charge in [0.05, 0.1) is 15.6 Å². The third-order valence-electron chi connectivity index (χ3n) is 2.34. The number of carbonyl (C=O) groups excluding carboxylic acids is 1. The number of Topliss-reactive ketones (excluding diaryl/α,β-unsaturated/α-hetero) is 1.